The predicted molar refractivity (Wildman–Crippen MR) is 320 cm³/mol. The molecule has 0 N–H and O–H groups in total. The molecule has 0 amide bonds. The van der Waals surface area contributed by atoms with E-state index >= 15 is 0 Å². The molecule has 75 heavy (non-hydrogen) atoms. The zero-order valence-electron chi connectivity index (χ0n) is 44.3. The van der Waals surface area contributed by atoms with Crippen LogP contribution in [0, 0.1) is 48.5 Å². The zero-order valence-corrected chi connectivity index (χ0v) is 44.3. The van der Waals surface area contributed by atoms with Gasteiger partial charge in [-0.1, -0.05) is 150 Å². The van der Waals surface area contributed by atoms with Gasteiger partial charge < -0.3 is 19.3 Å². The molecule has 0 fully saturated rings. The SMILES string of the molecule is Cc1ccc(N(c2ccc(C)cc2)c2cc3c4c(c2)N(c2ccc(C)cc2)c2c(cc(-n5c6ccc(C)cc6c6cc(C)ccc65)c5c2C(C)(C)c2ccccc2-5)B4c2cc(C)ccc2N3c2ccc(C)cc2)cc1. The summed E-state index contributed by atoms with van der Waals surface area (Å²) in [4.78, 5) is 7.68. The van der Waals surface area contributed by atoms with E-state index in [0.29, 0.717) is 0 Å². The van der Waals surface area contributed by atoms with Gasteiger partial charge in [0.25, 0.3) is 6.71 Å². The van der Waals surface area contributed by atoms with E-state index in [0.717, 1.165) is 28.4 Å². The van der Waals surface area contributed by atoms with Crippen LogP contribution in [0.5, 0.6) is 0 Å². The summed E-state index contributed by atoms with van der Waals surface area (Å²) >= 11 is 0. The standard InChI is InChI=1S/C70H59BN4/c1-42-14-25-49(26-15-42)72(50-27-16-43(2)17-28-50)53-39-64-68-65(40-53)74(52-31-20-45(4)21-32-52)69-59(71(68)58-38-48(7)24-35-62(58)73(64)51-29-18-44(3)19-30-51)41-63(66-54-12-10-11-13-57(54)70(8,9)67(66)69)75-60-33-22-46(5)36-55(60)56-37-47(6)23-34-61(56)75/h10-41H,1-9H3. The molecule has 10 aromatic carbocycles. The number of hydrogen-bond donors (Lipinski definition) is 0. The van der Waals surface area contributed by atoms with Gasteiger partial charge in [0.05, 0.1) is 22.4 Å². The minimum atomic E-state index is -0.382. The minimum Gasteiger partial charge on any atom is -0.311 e. The van der Waals surface area contributed by atoms with Crippen LogP contribution in [0.3, 0.4) is 0 Å². The van der Waals surface area contributed by atoms with Gasteiger partial charge in [-0.15, -0.1) is 0 Å². The third kappa shape index (κ3) is 6.76. The predicted octanol–water partition coefficient (Wildman–Crippen LogP) is 16.8. The molecule has 0 unspecified atom stereocenters. The Kier molecular flexibility index (Phi) is 9.91. The topological polar surface area (TPSA) is 14.7 Å². The Morgan fingerprint density at radius 1 is 0.400 bits per heavy atom. The van der Waals surface area contributed by atoms with Crippen LogP contribution in [-0.2, 0) is 5.41 Å². The molecule has 0 saturated carbocycles. The summed E-state index contributed by atoms with van der Waals surface area (Å²) in [5.41, 5.74) is 31.6. The Bertz CT molecular complexity index is 4060. The lowest BCUT2D eigenvalue weighted by Gasteiger charge is -2.46. The molecule has 2 aliphatic heterocycles. The molecule has 1 aromatic heterocycles. The highest BCUT2D eigenvalue weighted by atomic mass is 15.2. The van der Waals surface area contributed by atoms with E-state index < -0.39 is 0 Å². The Morgan fingerprint density at radius 2 is 0.880 bits per heavy atom. The van der Waals surface area contributed by atoms with Crippen molar-refractivity contribution in [1.82, 2.24) is 4.57 Å². The highest BCUT2D eigenvalue weighted by Gasteiger charge is 2.50. The van der Waals surface area contributed by atoms with Crippen molar-refractivity contribution in [3.05, 3.63) is 244 Å². The van der Waals surface area contributed by atoms with E-state index in [9.17, 15) is 0 Å². The smallest absolute Gasteiger partial charge is 0.252 e. The van der Waals surface area contributed by atoms with Gasteiger partial charge in [0.2, 0.25) is 0 Å². The molecule has 3 heterocycles. The second kappa shape index (κ2) is 16.5. The summed E-state index contributed by atoms with van der Waals surface area (Å²) in [6, 6.07) is 74.5. The molecule has 1 aliphatic carbocycles. The first-order valence-electron chi connectivity index (χ1n) is 26.6. The maximum Gasteiger partial charge on any atom is 0.252 e. The number of fused-ring (bicyclic) bond motifs is 11. The fourth-order valence-corrected chi connectivity index (χ4v) is 13.1. The first-order chi connectivity index (χ1) is 36.3. The second-order valence-corrected chi connectivity index (χ2v) is 22.4. The highest BCUT2D eigenvalue weighted by Crippen LogP contribution is 2.58. The van der Waals surface area contributed by atoms with Crippen LogP contribution < -0.4 is 31.1 Å². The van der Waals surface area contributed by atoms with E-state index in [1.807, 2.05) is 0 Å². The number of anilines is 9. The molecule has 11 aromatic rings. The van der Waals surface area contributed by atoms with Crippen molar-refractivity contribution in [3.8, 4) is 16.8 Å². The Labute approximate surface area is 441 Å². The molecule has 0 atom stereocenters. The minimum absolute atomic E-state index is 0.120. The first-order valence-corrected chi connectivity index (χ1v) is 26.6. The molecule has 0 bridgehead atoms. The second-order valence-electron chi connectivity index (χ2n) is 22.4. The van der Waals surface area contributed by atoms with Gasteiger partial charge in [0.1, 0.15) is 0 Å². The molecule has 362 valence electrons. The number of rotatable bonds is 6. The summed E-state index contributed by atoms with van der Waals surface area (Å²) in [7, 11) is 0. The van der Waals surface area contributed by atoms with Crippen molar-refractivity contribution in [1.29, 1.82) is 0 Å². The van der Waals surface area contributed by atoms with Gasteiger partial charge in [-0.3, -0.25) is 0 Å². The monoisotopic (exact) mass is 966 g/mol. The summed E-state index contributed by atoms with van der Waals surface area (Å²) in [6.07, 6.45) is 0. The van der Waals surface area contributed by atoms with Crippen LogP contribution in [0.15, 0.2) is 194 Å². The largest absolute Gasteiger partial charge is 0.311 e. The highest BCUT2D eigenvalue weighted by molar-refractivity contribution is 7.00. The number of aryl methyl sites for hydroxylation is 7. The quantitative estimate of drug-likeness (QED) is 0.154. The fourth-order valence-electron chi connectivity index (χ4n) is 13.1. The van der Waals surface area contributed by atoms with Gasteiger partial charge in [0, 0.05) is 67.2 Å². The van der Waals surface area contributed by atoms with Crippen LogP contribution in [0.4, 0.5) is 51.2 Å². The van der Waals surface area contributed by atoms with Crippen LogP contribution in [0.2, 0.25) is 0 Å². The van der Waals surface area contributed by atoms with Crippen molar-refractivity contribution in [3.63, 3.8) is 0 Å². The van der Waals surface area contributed by atoms with Gasteiger partial charge in [-0.05, 0) is 179 Å². The first kappa shape index (κ1) is 45.1. The molecule has 14 rings (SSSR count). The maximum atomic E-state index is 2.67. The summed E-state index contributed by atoms with van der Waals surface area (Å²) in [6.45, 7) is 20.2. The van der Waals surface area contributed by atoms with E-state index in [-0.39, 0.29) is 12.1 Å². The van der Waals surface area contributed by atoms with Crippen LogP contribution in [-0.4, -0.2) is 11.3 Å². The Balaban J connectivity index is 1.18. The van der Waals surface area contributed by atoms with Crippen LogP contribution >= 0.6 is 0 Å². The van der Waals surface area contributed by atoms with Crippen LogP contribution in [0.25, 0.3) is 38.6 Å². The summed E-state index contributed by atoms with van der Waals surface area (Å²) in [5, 5.41) is 2.57. The van der Waals surface area contributed by atoms with E-state index in [1.54, 1.807) is 0 Å². The molecule has 0 spiro atoms. The number of aromatic nitrogens is 1. The van der Waals surface area contributed by atoms with Crippen molar-refractivity contribution in [2.24, 2.45) is 0 Å². The fraction of sp³-hybridized carbons (Fsp3) is 0.143. The summed E-state index contributed by atoms with van der Waals surface area (Å²) < 4.78 is 2.61. The summed E-state index contributed by atoms with van der Waals surface area (Å²) in [5.74, 6) is 0. The number of benzene rings is 10. The Hall–Kier alpha value is -8.54. The Morgan fingerprint density at radius 3 is 1.45 bits per heavy atom. The number of hydrogen-bond acceptors (Lipinski definition) is 3. The van der Waals surface area contributed by atoms with E-state index in [4.69, 9.17) is 0 Å². The number of nitrogens with zero attached hydrogens (tertiary/aromatic N) is 4. The molecule has 5 heteroatoms. The van der Waals surface area contributed by atoms with Crippen molar-refractivity contribution in [2.75, 3.05) is 14.7 Å². The third-order valence-electron chi connectivity index (χ3n) is 16.7. The zero-order chi connectivity index (χ0) is 51.2. The van der Waals surface area contributed by atoms with Crippen molar-refractivity contribution in [2.45, 2.75) is 67.7 Å². The average molecular weight is 967 g/mol. The van der Waals surface area contributed by atoms with Crippen molar-refractivity contribution < 1.29 is 0 Å². The van der Waals surface area contributed by atoms with Gasteiger partial charge in [-0.2, -0.15) is 0 Å². The molecule has 0 radical (unpaired) electrons. The third-order valence-corrected chi connectivity index (χ3v) is 16.7. The average Bonchev–Trinajstić information content (AvgIpc) is 3.87. The molecule has 4 nitrogen and oxygen atoms in total. The normalized spacial score (nSPS) is 13.7. The van der Waals surface area contributed by atoms with Gasteiger partial charge >= 0.3 is 0 Å². The van der Waals surface area contributed by atoms with E-state index in [1.165, 1.54) is 128 Å². The van der Waals surface area contributed by atoms with Crippen LogP contribution in [0.1, 0.15) is 63.9 Å². The molecular weight excluding hydrogens is 908 g/mol. The molecule has 3 aliphatic rings. The maximum absolute atomic E-state index is 2.67. The van der Waals surface area contributed by atoms with E-state index in [2.05, 4.69) is 276 Å². The van der Waals surface area contributed by atoms with Gasteiger partial charge in [0.15, 0.2) is 0 Å². The molecule has 0 saturated heterocycles. The van der Waals surface area contributed by atoms with Gasteiger partial charge in [-0.25, -0.2) is 0 Å². The lowest BCUT2D eigenvalue weighted by Crippen LogP contribution is -2.62. The van der Waals surface area contributed by atoms with Crippen molar-refractivity contribution >= 4 is 96.1 Å². The lowest BCUT2D eigenvalue weighted by atomic mass is 9.33. The molecular formula is C70H59BN4. The lowest BCUT2D eigenvalue weighted by molar-refractivity contribution is 0.661.